The molecule has 0 aliphatic carbocycles. The molecule has 0 bridgehead atoms. The van der Waals surface area contributed by atoms with Crippen molar-refractivity contribution in [3.05, 3.63) is 70.8 Å². The molecule has 1 N–H and O–H groups in total. The van der Waals surface area contributed by atoms with Crippen molar-refractivity contribution in [1.29, 1.82) is 0 Å². The van der Waals surface area contributed by atoms with Gasteiger partial charge in [-0.3, -0.25) is 0 Å². The van der Waals surface area contributed by atoms with E-state index in [4.69, 9.17) is 19.3 Å². The van der Waals surface area contributed by atoms with E-state index in [1.807, 2.05) is 13.8 Å². The van der Waals surface area contributed by atoms with Crippen LogP contribution in [0, 0.1) is 0 Å². The molecule has 0 fully saturated rings. The Balaban J connectivity index is 2.13. The molecule has 8 heteroatoms. The second kappa shape index (κ2) is 13.6. The van der Waals surface area contributed by atoms with Crippen LogP contribution in [0.5, 0.6) is 5.75 Å². The van der Waals surface area contributed by atoms with Crippen LogP contribution in [0.1, 0.15) is 65.8 Å². The number of ether oxygens (including phenoxy) is 3. The molecule has 2 aromatic carbocycles. The maximum atomic E-state index is 12.4. The SMILES string of the molecule is CCCCOC(=O)C(=Cc1ccc(C(=O)Oc2ccc(C(=O)O)cc2)cc1)C(=O)OCCCC. The molecule has 0 amide bonds. The van der Waals surface area contributed by atoms with Gasteiger partial charge in [-0.15, -0.1) is 0 Å². The number of unbranched alkanes of at least 4 members (excludes halogenated alkanes) is 2. The van der Waals surface area contributed by atoms with Crippen molar-refractivity contribution in [3.63, 3.8) is 0 Å². The van der Waals surface area contributed by atoms with Crippen LogP contribution >= 0.6 is 0 Å². The van der Waals surface area contributed by atoms with Gasteiger partial charge in [0, 0.05) is 0 Å². The summed E-state index contributed by atoms with van der Waals surface area (Å²) in [4.78, 5) is 48.2. The average molecular weight is 469 g/mol. The molecule has 0 aliphatic heterocycles. The van der Waals surface area contributed by atoms with Crippen molar-refractivity contribution >= 4 is 30.0 Å². The maximum absolute atomic E-state index is 12.4. The fourth-order valence-electron chi connectivity index (χ4n) is 2.69. The fourth-order valence-corrected chi connectivity index (χ4v) is 2.69. The third kappa shape index (κ3) is 8.20. The van der Waals surface area contributed by atoms with Gasteiger partial charge in [0.2, 0.25) is 0 Å². The third-order valence-corrected chi connectivity index (χ3v) is 4.67. The van der Waals surface area contributed by atoms with E-state index in [9.17, 15) is 19.2 Å². The summed E-state index contributed by atoms with van der Waals surface area (Å²) in [5, 5.41) is 8.93. The molecule has 2 rings (SSSR count). The van der Waals surface area contributed by atoms with E-state index in [-0.39, 0.29) is 35.7 Å². The molecule has 2 aromatic rings. The van der Waals surface area contributed by atoms with Crippen molar-refractivity contribution in [1.82, 2.24) is 0 Å². The molecule has 0 saturated carbocycles. The van der Waals surface area contributed by atoms with E-state index < -0.39 is 23.9 Å². The summed E-state index contributed by atoms with van der Waals surface area (Å²) in [6.07, 6.45) is 4.41. The van der Waals surface area contributed by atoms with Gasteiger partial charge in [-0.25, -0.2) is 19.2 Å². The summed E-state index contributed by atoms with van der Waals surface area (Å²) in [6, 6.07) is 11.5. The quantitative estimate of drug-likeness (QED) is 0.119. The maximum Gasteiger partial charge on any atom is 0.345 e. The largest absolute Gasteiger partial charge is 0.478 e. The van der Waals surface area contributed by atoms with Crippen LogP contribution in [-0.4, -0.2) is 42.2 Å². The lowest BCUT2D eigenvalue weighted by Crippen LogP contribution is -2.19. The molecule has 0 atom stereocenters. The highest BCUT2D eigenvalue weighted by Gasteiger charge is 2.21. The van der Waals surface area contributed by atoms with E-state index in [0.717, 1.165) is 12.8 Å². The predicted octanol–water partition coefficient (Wildman–Crippen LogP) is 4.67. The van der Waals surface area contributed by atoms with Crippen LogP contribution in [-0.2, 0) is 19.1 Å². The highest BCUT2D eigenvalue weighted by molar-refractivity contribution is 6.17. The monoisotopic (exact) mass is 468 g/mol. The Morgan fingerprint density at radius 1 is 0.765 bits per heavy atom. The number of hydrogen-bond donors (Lipinski definition) is 1. The Labute approximate surface area is 198 Å². The first-order chi connectivity index (χ1) is 16.3. The van der Waals surface area contributed by atoms with Gasteiger partial charge in [-0.2, -0.15) is 0 Å². The van der Waals surface area contributed by atoms with Crippen molar-refractivity contribution in [2.75, 3.05) is 13.2 Å². The van der Waals surface area contributed by atoms with E-state index in [0.29, 0.717) is 18.4 Å². The first kappa shape index (κ1) is 26.3. The molecular weight excluding hydrogens is 440 g/mol. The van der Waals surface area contributed by atoms with E-state index in [2.05, 4.69) is 0 Å². The van der Waals surface area contributed by atoms with Gasteiger partial charge in [0.15, 0.2) is 0 Å². The lowest BCUT2D eigenvalue weighted by Gasteiger charge is -2.09. The molecule has 0 aromatic heterocycles. The summed E-state index contributed by atoms with van der Waals surface area (Å²) < 4.78 is 15.6. The summed E-state index contributed by atoms with van der Waals surface area (Å²) in [5.74, 6) is -3.04. The van der Waals surface area contributed by atoms with Crippen LogP contribution < -0.4 is 4.74 Å². The van der Waals surface area contributed by atoms with E-state index >= 15 is 0 Å². The van der Waals surface area contributed by atoms with Crippen LogP contribution in [0.15, 0.2) is 54.1 Å². The Morgan fingerprint density at radius 3 is 1.74 bits per heavy atom. The van der Waals surface area contributed by atoms with E-state index in [1.165, 1.54) is 42.5 Å². The smallest absolute Gasteiger partial charge is 0.345 e. The second-order valence-corrected chi connectivity index (χ2v) is 7.38. The van der Waals surface area contributed by atoms with Gasteiger partial charge in [0.05, 0.1) is 24.3 Å². The zero-order valence-corrected chi connectivity index (χ0v) is 19.2. The molecule has 180 valence electrons. The fraction of sp³-hybridized carbons (Fsp3) is 0.308. The number of carbonyl (C=O) groups excluding carboxylic acids is 3. The standard InChI is InChI=1S/C26H28O8/c1-3-5-15-32-25(30)22(26(31)33-16-6-4-2)17-18-7-9-20(10-8-18)24(29)34-21-13-11-19(12-14-21)23(27)28/h7-14,17H,3-6,15-16H2,1-2H3,(H,27,28). The third-order valence-electron chi connectivity index (χ3n) is 4.67. The van der Waals surface area contributed by atoms with Crippen LogP contribution in [0.25, 0.3) is 6.08 Å². The molecule has 0 aliphatic rings. The number of carboxylic acids is 1. The Hall–Kier alpha value is -3.94. The van der Waals surface area contributed by atoms with Gasteiger partial charge in [-0.1, -0.05) is 38.8 Å². The highest BCUT2D eigenvalue weighted by atomic mass is 16.6. The molecule has 0 radical (unpaired) electrons. The zero-order chi connectivity index (χ0) is 24.9. The minimum Gasteiger partial charge on any atom is -0.478 e. The minimum atomic E-state index is -1.08. The van der Waals surface area contributed by atoms with E-state index in [1.54, 1.807) is 12.1 Å². The normalized spacial score (nSPS) is 10.2. The van der Waals surface area contributed by atoms with Crippen molar-refractivity contribution in [2.24, 2.45) is 0 Å². The predicted molar refractivity (Wildman–Crippen MR) is 125 cm³/mol. The molecule has 34 heavy (non-hydrogen) atoms. The van der Waals surface area contributed by atoms with Crippen LogP contribution in [0.3, 0.4) is 0 Å². The number of aromatic carboxylic acids is 1. The second-order valence-electron chi connectivity index (χ2n) is 7.38. The first-order valence-electron chi connectivity index (χ1n) is 11.1. The molecule has 0 saturated heterocycles. The topological polar surface area (TPSA) is 116 Å². The average Bonchev–Trinajstić information content (AvgIpc) is 2.83. The lowest BCUT2D eigenvalue weighted by molar-refractivity contribution is -0.147. The number of hydrogen-bond acceptors (Lipinski definition) is 7. The summed E-state index contributed by atoms with van der Waals surface area (Å²) in [5.41, 5.74) is 0.587. The molecule has 8 nitrogen and oxygen atoms in total. The van der Waals surface area contributed by atoms with Crippen molar-refractivity contribution in [3.8, 4) is 5.75 Å². The number of carboxylic acid groups (broad SMARTS) is 1. The Morgan fingerprint density at radius 2 is 1.26 bits per heavy atom. The highest BCUT2D eigenvalue weighted by Crippen LogP contribution is 2.16. The lowest BCUT2D eigenvalue weighted by atomic mass is 10.1. The molecular formula is C26H28O8. The van der Waals surface area contributed by atoms with Crippen LogP contribution in [0.2, 0.25) is 0 Å². The first-order valence-corrected chi connectivity index (χ1v) is 11.1. The summed E-state index contributed by atoms with van der Waals surface area (Å²) >= 11 is 0. The number of carbonyl (C=O) groups is 4. The van der Waals surface area contributed by atoms with Gasteiger partial charge >= 0.3 is 23.9 Å². The van der Waals surface area contributed by atoms with Crippen molar-refractivity contribution < 1.29 is 38.5 Å². The van der Waals surface area contributed by atoms with Gasteiger partial charge in [0.25, 0.3) is 0 Å². The minimum absolute atomic E-state index is 0.0770. The summed E-state index contributed by atoms with van der Waals surface area (Å²) in [7, 11) is 0. The molecule has 0 spiro atoms. The van der Waals surface area contributed by atoms with Crippen LogP contribution in [0.4, 0.5) is 0 Å². The number of esters is 3. The van der Waals surface area contributed by atoms with Gasteiger partial charge < -0.3 is 19.3 Å². The van der Waals surface area contributed by atoms with Crippen molar-refractivity contribution in [2.45, 2.75) is 39.5 Å². The summed E-state index contributed by atoms with van der Waals surface area (Å²) in [6.45, 7) is 4.32. The van der Waals surface area contributed by atoms with Gasteiger partial charge in [-0.05, 0) is 60.9 Å². The zero-order valence-electron chi connectivity index (χ0n) is 19.2. The molecule has 0 heterocycles. The molecule has 0 unspecified atom stereocenters. The van der Waals surface area contributed by atoms with Gasteiger partial charge in [0.1, 0.15) is 11.3 Å². The number of benzene rings is 2. The Bertz CT molecular complexity index is 996. The Kier molecular flexibility index (Phi) is 10.5. The number of rotatable bonds is 12.